The summed E-state index contributed by atoms with van der Waals surface area (Å²) in [4.78, 5) is 20.8. The fourth-order valence-corrected chi connectivity index (χ4v) is 2.32. The van der Waals surface area contributed by atoms with Crippen LogP contribution in [0.25, 0.3) is 11.0 Å². The van der Waals surface area contributed by atoms with Crippen LogP contribution >= 0.6 is 0 Å². The number of hydrogen-bond acceptors (Lipinski definition) is 3. The van der Waals surface area contributed by atoms with E-state index in [1.807, 2.05) is 56.4 Å². The van der Waals surface area contributed by atoms with E-state index in [9.17, 15) is 4.79 Å². The van der Waals surface area contributed by atoms with Gasteiger partial charge in [-0.25, -0.2) is 9.97 Å². The van der Waals surface area contributed by atoms with Crippen LogP contribution in [-0.2, 0) is 4.79 Å². The van der Waals surface area contributed by atoms with Crippen LogP contribution in [0, 0.1) is 19.8 Å². The van der Waals surface area contributed by atoms with Gasteiger partial charge in [0.1, 0.15) is 5.82 Å². The minimum absolute atomic E-state index is 0.0776. The van der Waals surface area contributed by atoms with Gasteiger partial charge >= 0.3 is 0 Å². The zero-order chi connectivity index (χ0) is 14.1. The Morgan fingerprint density at radius 2 is 1.90 bits per heavy atom. The van der Waals surface area contributed by atoms with Gasteiger partial charge in [0.25, 0.3) is 0 Å². The molecule has 100 valence electrons. The molecule has 4 heteroatoms. The molecule has 1 aliphatic carbocycles. The van der Waals surface area contributed by atoms with Gasteiger partial charge in [0.15, 0.2) is 5.65 Å². The van der Waals surface area contributed by atoms with E-state index in [0.29, 0.717) is 11.5 Å². The highest BCUT2D eigenvalue weighted by Crippen LogP contribution is 2.19. The molecule has 0 bridgehead atoms. The molecule has 0 spiro atoms. The van der Waals surface area contributed by atoms with Crippen molar-refractivity contribution < 1.29 is 4.79 Å². The Labute approximate surface area is 117 Å². The summed E-state index contributed by atoms with van der Waals surface area (Å²) in [6, 6.07) is 5.78. The fourth-order valence-electron chi connectivity index (χ4n) is 2.32. The lowest BCUT2D eigenvalue weighted by Gasteiger charge is -2.09. The number of nitrogens with one attached hydrogen (secondary N) is 1. The van der Waals surface area contributed by atoms with Crippen LogP contribution in [0.15, 0.2) is 42.5 Å². The van der Waals surface area contributed by atoms with Crippen LogP contribution < -0.4 is 5.32 Å². The number of aromatic nitrogens is 2. The highest BCUT2D eigenvalue weighted by Gasteiger charge is 2.15. The van der Waals surface area contributed by atoms with Gasteiger partial charge < -0.3 is 5.32 Å². The number of allylic oxidation sites excluding steroid dienone is 2. The second kappa shape index (κ2) is 4.89. The van der Waals surface area contributed by atoms with E-state index in [1.54, 1.807) is 0 Å². The molecule has 2 aromatic rings. The quantitative estimate of drug-likeness (QED) is 0.908. The predicted molar refractivity (Wildman–Crippen MR) is 79.4 cm³/mol. The number of pyridine rings is 2. The number of hydrogen-bond donors (Lipinski definition) is 1. The van der Waals surface area contributed by atoms with Gasteiger partial charge in [-0.3, -0.25) is 4.79 Å². The third-order valence-corrected chi connectivity index (χ3v) is 3.31. The van der Waals surface area contributed by atoms with Crippen molar-refractivity contribution >= 4 is 22.8 Å². The van der Waals surface area contributed by atoms with E-state index >= 15 is 0 Å². The number of carbonyl (C=O) groups excluding carboxylic acids is 1. The Bertz CT molecular complexity index is 735. The highest BCUT2D eigenvalue weighted by atomic mass is 16.1. The van der Waals surface area contributed by atoms with Gasteiger partial charge in [0.2, 0.25) is 5.91 Å². The molecule has 0 saturated carbocycles. The molecule has 2 aromatic heterocycles. The van der Waals surface area contributed by atoms with Crippen LogP contribution in [0.3, 0.4) is 0 Å². The van der Waals surface area contributed by atoms with Gasteiger partial charge in [-0.2, -0.15) is 0 Å². The molecule has 1 N–H and O–H groups in total. The summed E-state index contributed by atoms with van der Waals surface area (Å²) >= 11 is 0. The summed E-state index contributed by atoms with van der Waals surface area (Å²) in [5.74, 6) is 0.250. The molecule has 2 heterocycles. The molecular formula is C16H15N3O. The summed E-state index contributed by atoms with van der Waals surface area (Å²) < 4.78 is 0. The molecular weight excluding hydrogens is 250 g/mol. The van der Waals surface area contributed by atoms with Crippen molar-refractivity contribution in [1.29, 1.82) is 0 Å². The molecule has 0 aromatic carbocycles. The molecule has 0 radical (unpaired) electrons. The van der Waals surface area contributed by atoms with E-state index in [2.05, 4.69) is 15.3 Å². The Balaban J connectivity index is 1.91. The van der Waals surface area contributed by atoms with E-state index in [1.165, 1.54) is 0 Å². The minimum Gasteiger partial charge on any atom is -0.310 e. The molecule has 3 rings (SSSR count). The van der Waals surface area contributed by atoms with Crippen LogP contribution in [0.5, 0.6) is 0 Å². The second-order valence-corrected chi connectivity index (χ2v) is 4.93. The Morgan fingerprint density at radius 3 is 2.65 bits per heavy atom. The average Bonchev–Trinajstić information content (AvgIpc) is 2.91. The largest absolute Gasteiger partial charge is 0.310 e. The Hall–Kier alpha value is -2.49. The van der Waals surface area contributed by atoms with Crippen molar-refractivity contribution in [2.45, 2.75) is 13.8 Å². The lowest BCUT2D eigenvalue weighted by atomic mass is 10.1. The summed E-state index contributed by atoms with van der Waals surface area (Å²) in [6.45, 7) is 3.97. The highest BCUT2D eigenvalue weighted by molar-refractivity contribution is 5.95. The normalized spacial score (nSPS) is 14.1. The standard InChI is InChI=1S/C16H15N3O/c1-10-9-11(2)17-15-13(10)7-8-14(18-15)19-16(20)12-5-3-4-6-12/h3-9,12H,1-2H3,(H,17,18,19,20). The van der Waals surface area contributed by atoms with Gasteiger partial charge in [0, 0.05) is 11.1 Å². The van der Waals surface area contributed by atoms with E-state index in [0.717, 1.165) is 16.6 Å². The van der Waals surface area contributed by atoms with Crippen molar-refractivity contribution in [1.82, 2.24) is 9.97 Å². The molecule has 1 amide bonds. The van der Waals surface area contributed by atoms with Crippen LogP contribution in [0.1, 0.15) is 11.3 Å². The maximum atomic E-state index is 12.0. The molecule has 20 heavy (non-hydrogen) atoms. The molecule has 4 nitrogen and oxygen atoms in total. The second-order valence-electron chi connectivity index (χ2n) is 4.93. The molecule has 0 atom stereocenters. The number of aryl methyl sites for hydroxylation is 2. The summed E-state index contributed by atoms with van der Waals surface area (Å²) in [6.07, 6.45) is 7.44. The first-order chi connectivity index (χ1) is 9.63. The Kier molecular flexibility index (Phi) is 3.06. The van der Waals surface area contributed by atoms with E-state index < -0.39 is 0 Å². The van der Waals surface area contributed by atoms with Gasteiger partial charge in [-0.15, -0.1) is 0 Å². The first-order valence-corrected chi connectivity index (χ1v) is 6.54. The number of nitrogens with zero attached hydrogens (tertiary/aromatic N) is 2. The maximum Gasteiger partial charge on any atom is 0.236 e. The minimum atomic E-state index is -0.209. The predicted octanol–water partition coefficient (Wildman–Crippen LogP) is 2.93. The molecule has 1 aliphatic rings. The van der Waals surface area contributed by atoms with Crippen molar-refractivity contribution in [3.63, 3.8) is 0 Å². The molecule has 0 saturated heterocycles. The number of amides is 1. The van der Waals surface area contributed by atoms with Gasteiger partial charge in [-0.1, -0.05) is 24.3 Å². The maximum absolute atomic E-state index is 12.0. The number of carbonyl (C=O) groups is 1. The van der Waals surface area contributed by atoms with Crippen molar-refractivity contribution in [3.8, 4) is 0 Å². The first kappa shape index (κ1) is 12.5. The van der Waals surface area contributed by atoms with Crippen LogP contribution in [0.4, 0.5) is 5.82 Å². The van der Waals surface area contributed by atoms with Crippen molar-refractivity contribution in [2.75, 3.05) is 5.32 Å². The summed E-state index contributed by atoms with van der Waals surface area (Å²) in [7, 11) is 0. The van der Waals surface area contributed by atoms with E-state index in [4.69, 9.17) is 0 Å². The van der Waals surface area contributed by atoms with Crippen molar-refractivity contribution in [2.24, 2.45) is 5.92 Å². The third-order valence-electron chi connectivity index (χ3n) is 3.31. The zero-order valence-electron chi connectivity index (χ0n) is 11.4. The zero-order valence-corrected chi connectivity index (χ0v) is 11.4. The Morgan fingerprint density at radius 1 is 1.15 bits per heavy atom. The number of rotatable bonds is 2. The lowest BCUT2D eigenvalue weighted by molar-refractivity contribution is -0.117. The van der Waals surface area contributed by atoms with Gasteiger partial charge in [-0.05, 0) is 37.6 Å². The van der Waals surface area contributed by atoms with Gasteiger partial charge in [0.05, 0.1) is 5.92 Å². The fraction of sp³-hybridized carbons (Fsp3) is 0.188. The lowest BCUT2D eigenvalue weighted by Crippen LogP contribution is -2.19. The molecule has 0 unspecified atom stereocenters. The number of anilines is 1. The SMILES string of the molecule is Cc1cc(C)c2ccc(NC(=O)C3C=CC=C3)nc2n1. The van der Waals surface area contributed by atoms with E-state index in [-0.39, 0.29) is 11.8 Å². The van der Waals surface area contributed by atoms with Crippen LogP contribution in [-0.4, -0.2) is 15.9 Å². The van der Waals surface area contributed by atoms with Crippen LogP contribution in [0.2, 0.25) is 0 Å². The summed E-state index contributed by atoms with van der Waals surface area (Å²) in [5, 5.41) is 3.83. The smallest absolute Gasteiger partial charge is 0.236 e. The van der Waals surface area contributed by atoms with Crippen molar-refractivity contribution in [3.05, 3.63) is 53.8 Å². The molecule has 0 fully saturated rings. The molecule has 0 aliphatic heterocycles. The average molecular weight is 265 g/mol. The third kappa shape index (κ3) is 2.32. The topological polar surface area (TPSA) is 54.9 Å². The first-order valence-electron chi connectivity index (χ1n) is 6.54. The monoisotopic (exact) mass is 265 g/mol. The number of fused-ring (bicyclic) bond motifs is 1. The summed E-state index contributed by atoms with van der Waals surface area (Å²) in [5.41, 5.74) is 2.73.